The Morgan fingerprint density at radius 1 is 0.552 bits per heavy atom. The maximum Gasteiger partial charge on any atom is 0.198 e. The van der Waals surface area contributed by atoms with Crippen LogP contribution >= 0.6 is 0 Å². The third kappa shape index (κ3) is 2.17. The highest BCUT2D eigenvalue weighted by Crippen LogP contribution is 2.57. The van der Waals surface area contributed by atoms with E-state index in [1.54, 1.807) is 9.13 Å². The molecule has 0 aromatic carbocycles. The van der Waals surface area contributed by atoms with E-state index in [1.165, 1.54) is 0 Å². The minimum absolute atomic E-state index is 0.217. The summed E-state index contributed by atoms with van der Waals surface area (Å²) >= 11 is 0. The first kappa shape index (κ1) is 17.1. The second kappa shape index (κ2) is 5.88. The third-order valence-corrected chi connectivity index (χ3v) is 7.48. The summed E-state index contributed by atoms with van der Waals surface area (Å²) in [5.41, 5.74) is 3.65. The first-order valence-corrected chi connectivity index (χ1v) is 10.7. The highest BCUT2D eigenvalue weighted by atomic mass is 16.3. The number of nitrogens with zero attached hydrogens (tertiary/aromatic N) is 2. The maximum absolute atomic E-state index is 10.6. The van der Waals surface area contributed by atoms with E-state index < -0.39 is 0 Å². The quantitative estimate of drug-likeness (QED) is 0.435. The molecule has 0 amide bonds. The Hall–Kier alpha value is -2.76. The first-order valence-electron chi connectivity index (χ1n) is 10.7. The van der Waals surface area contributed by atoms with Crippen LogP contribution in [-0.4, -0.2) is 29.6 Å². The lowest BCUT2D eigenvalue weighted by molar-refractivity contribution is 0.346. The normalized spacial score (nSPS) is 27.3. The van der Waals surface area contributed by atoms with E-state index in [0.29, 0.717) is 13.1 Å². The molecule has 4 atom stereocenters. The van der Waals surface area contributed by atoms with Crippen LogP contribution in [-0.2, 0) is 13.1 Å². The molecule has 0 saturated heterocycles. The van der Waals surface area contributed by atoms with E-state index in [-0.39, 0.29) is 47.2 Å². The second-order valence-electron chi connectivity index (χ2n) is 8.98. The lowest BCUT2D eigenvalue weighted by Crippen LogP contribution is -2.02. The van der Waals surface area contributed by atoms with Gasteiger partial charge in [0.25, 0.3) is 0 Å². The predicted molar refractivity (Wildman–Crippen MR) is 108 cm³/mol. The lowest BCUT2D eigenvalue weighted by atomic mass is 10.0. The summed E-state index contributed by atoms with van der Waals surface area (Å²) in [6.45, 7) is 1.14. The SMILES string of the molecule is Oc1c2c(c(O)n1CCCCCn1c(O)c3c(c1O)C1C=CC3C1)C1C=CC2C1. The molecule has 2 aromatic rings. The van der Waals surface area contributed by atoms with E-state index in [4.69, 9.17) is 0 Å². The molecule has 4 aliphatic carbocycles. The van der Waals surface area contributed by atoms with Crippen LogP contribution in [0.15, 0.2) is 24.3 Å². The number of hydrogen-bond donors (Lipinski definition) is 4. The lowest BCUT2D eigenvalue weighted by Gasteiger charge is -2.11. The van der Waals surface area contributed by atoms with Crippen LogP contribution in [0.5, 0.6) is 23.5 Å². The zero-order valence-electron chi connectivity index (χ0n) is 16.3. The zero-order chi connectivity index (χ0) is 19.9. The molecule has 0 radical (unpaired) electrons. The molecule has 2 heterocycles. The van der Waals surface area contributed by atoms with Crippen molar-refractivity contribution < 1.29 is 20.4 Å². The molecule has 4 bridgehead atoms. The molecule has 2 aromatic heterocycles. The van der Waals surface area contributed by atoms with Gasteiger partial charge in [0, 0.05) is 59.0 Å². The van der Waals surface area contributed by atoms with Crippen LogP contribution < -0.4 is 0 Å². The molecule has 0 aliphatic heterocycles. The van der Waals surface area contributed by atoms with Gasteiger partial charge in [0.15, 0.2) is 23.5 Å². The molecule has 4 unspecified atom stereocenters. The van der Waals surface area contributed by atoms with Crippen molar-refractivity contribution in [3.63, 3.8) is 0 Å². The molecule has 6 nitrogen and oxygen atoms in total. The highest BCUT2D eigenvalue weighted by molar-refractivity contribution is 5.59. The summed E-state index contributed by atoms with van der Waals surface area (Å²) in [7, 11) is 0. The van der Waals surface area contributed by atoms with Crippen LogP contribution in [0.4, 0.5) is 0 Å². The van der Waals surface area contributed by atoms with Gasteiger partial charge in [0.1, 0.15) is 0 Å². The topological polar surface area (TPSA) is 90.8 Å². The number of hydrogen-bond acceptors (Lipinski definition) is 4. The summed E-state index contributed by atoms with van der Waals surface area (Å²) < 4.78 is 3.28. The van der Waals surface area contributed by atoms with Gasteiger partial charge in [-0.1, -0.05) is 24.3 Å². The van der Waals surface area contributed by atoms with Crippen molar-refractivity contribution in [2.24, 2.45) is 0 Å². The van der Waals surface area contributed by atoms with Crippen LogP contribution in [0, 0.1) is 0 Å². The van der Waals surface area contributed by atoms with Crippen LogP contribution in [0.25, 0.3) is 0 Å². The van der Waals surface area contributed by atoms with Gasteiger partial charge < -0.3 is 20.4 Å². The molecule has 152 valence electrons. The zero-order valence-corrected chi connectivity index (χ0v) is 16.3. The monoisotopic (exact) mass is 394 g/mol. The Morgan fingerprint density at radius 3 is 1.17 bits per heavy atom. The van der Waals surface area contributed by atoms with Crippen LogP contribution in [0.3, 0.4) is 0 Å². The van der Waals surface area contributed by atoms with Crippen LogP contribution in [0.2, 0.25) is 0 Å². The Balaban J connectivity index is 1.09. The van der Waals surface area contributed by atoms with Gasteiger partial charge in [-0.05, 0) is 32.1 Å². The number of allylic oxidation sites excluding steroid dienone is 4. The molecule has 0 spiro atoms. The summed E-state index contributed by atoms with van der Waals surface area (Å²) in [6.07, 6.45) is 13.0. The van der Waals surface area contributed by atoms with Gasteiger partial charge in [-0.3, -0.25) is 9.13 Å². The fraction of sp³-hybridized carbons (Fsp3) is 0.478. The molecular formula is C23H26N2O4. The van der Waals surface area contributed by atoms with Crippen LogP contribution in [0.1, 0.15) is 78.0 Å². The second-order valence-corrected chi connectivity index (χ2v) is 8.98. The van der Waals surface area contributed by atoms with E-state index in [0.717, 1.165) is 54.4 Å². The summed E-state index contributed by atoms with van der Waals surface area (Å²) in [5, 5.41) is 42.3. The Bertz CT molecular complexity index is 919. The van der Waals surface area contributed by atoms with Crippen molar-refractivity contribution in [2.75, 3.05) is 0 Å². The van der Waals surface area contributed by atoms with E-state index >= 15 is 0 Å². The Labute approximate surface area is 169 Å². The van der Waals surface area contributed by atoms with Gasteiger partial charge >= 0.3 is 0 Å². The average Bonchev–Trinajstić information content (AvgIpc) is 3.53. The molecule has 0 fully saturated rings. The van der Waals surface area contributed by atoms with Crippen molar-refractivity contribution in [1.29, 1.82) is 0 Å². The number of fused-ring (bicyclic) bond motifs is 10. The fourth-order valence-electron chi connectivity index (χ4n) is 6.12. The molecular weight excluding hydrogens is 368 g/mol. The fourth-order valence-corrected chi connectivity index (χ4v) is 6.12. The number of rotatable bonds is 6. The van der Waals surface area contributed by atoms with Crippen molar-refractivity contribution in [3.05, 3.63) is 46.6 Å². The van der Waals surface area contributed by atoms with Crippen molar-refractivity contribution in [1.82, 2.24) is 9.13 Å². The summed E-state index contributed by atoms with van der Waals surface area (Å²) in [5.74, 6) is 1.84. The maximum atomic E-state index is 10.6. The number of unbranched alkanes of at least 4 members (excludes halogenated alkanes) is 2. The largest absolute Gasteiger partial charge is 0.494 e. The van der Waals surface area contributed by atoms with Gasteiger partial charge in [-0.2, -0.15) is 0 Å². The van der Waals surface area contributed by atoms with E-state index in [2.05, 4.69) is 24.3 Å². The molecule has 6 heteroatoms. The van der Waals surface area contributed by atoms with Gasteiger partial charge in [0.2, 0.25) is 0 Å². The Morgan fingerprint density at radius 2 is 0.862 bits per heavy atom. The van der Waals surface area contributed by atoms with Crippen molar-refractivity contribution in [3.8, 4) is 23.5 Å². The summed E-state index contributed by atoms with van der Waals surface area (Å²) in [4.78, 5) is 0. The molecule has 4 aliphatic rings. The van der Waals surface area contributed by atoms with E-state index in [1.807, 2.05) is 0 Å². The minimum atomic E-state index is 0.217. The molecule has 6 rings (SSSR count). The highest BCUT2D eigenvalue weighted by Gasteiger charge is 2.41. The summed E-state index contributed by atoms with van der Waals surface area (Å²) in [6, 6.07) is 0. The van der Waals surface area contributed by atoms with Crippen molar-refractivity contribution in [2.45, 2.75) is 68.9 Å². The smallest absolute Gasteiger partial charge is 0.198 e. The molecule has 29 heavy (non-hydrogen) atoms. The van der Waals surface area contributed by atoms with Gasteiger partial charge in [-0.15, -0.1) is 0 Å². The predicted octanol–water partition coefficient (Wildman–Crippen LogP) is 4.26. The van der Waals surface area contributed by atoms with E-state index in [9.17, 15) is 20.4 Å². The first-order chi connectivity index (χ1) is 14.1. The number of aromatic hydroxyl groups is 4. The Kier molecular flexibility index (Phi) is 3.47. The van der Waals surface area contributed by atoms with Crippen molar-refractivity contribution >= 4 is 0 Å². The standard InChI is InChI=1S/C23H26N2O4/c26-20-16-12-4-5-13(10-12)17(16)21(27)24(20)8-2-1-3-9-25-22(28)18-14-6-7-15(11-14)19(18)23(25)29/h4-7,12-15,26-29H,1-3,8-11H2. The minimum Gasteiger partial charge on any atom is -0.494 e. The van der Waals surface area contributed by atoms with Gasteiger partial charge in [0.05, 0.1) is 0 Å². The average molecular weight is 394 g/mol. The number of aromatic nitrogens is 2. The third-order valence-electron chi connectivity index (χ3n) is 7.48. The molecule has 4 N–H and O–H groups in total. The van der Waals surface area contributed by atoms with Gasteiger partial charge in [-0.25, -0.2) is 0 Å². The molecule has 0 saturated carbocycles.